The van der Waals surface area contributed by atoms with E-state index in [4.69, 9.17) is 4.98 Å². The molecule has 0 N–H and O–H groups in total. The van der Waals surface area contributed by atoms with E-state index in [9.17, 15) is 0 Å². The molecule has 1 aliphatic heterocycles. The first-order valence-electron chi connectivity index (χ1n) is 23.0. The summed E-state index contributed by atoms with van der Waals surface area (Å²) >= 11 is 1.85. The van der Waals surface area contributed by atoms with Gasteiger partial charge in [-0.2, -0.15) is 0 Å². The topological polar surface area (TPSA) is 26.0 Å². The molecule has 0 saturated heterocycles. The maximum absolute atomic E-state index is 5.39. The van der Waals surface area contributed by atoms with E-state index in [-0.39, 0.29) is 5.41 Å². The Balaban J connectivity index is 0.882. The minimum absolute atomic E-state index is 0.385. The molecular weight excluding hydrogens is 833 g/mol. The molecule has 0 saturated carbocycles. The van der Waals surface area contributed by atoms with Crippen LogP contribution in [0.15, 0.2) is 240 Å². The van der Waals surface area contributed by atoms with Crippen molar-refractivity contribution in [3.05, 3.63) is 253 Å². The van der Waals surface area contributed by atoms with Crippen molar-refractivity contribution in [2.75, 3.05) is 4.90 Å². The summed E-state index contributed by atoms with van der Waals surface area (Å²) in [5.41, 5.74) is 21.4. The Morgan fingerprint density at radius 1 is 0.358 bits per heavy atom. The Morgan fingerprint density at radius 2 is 0.940 bits per heavy atom. The highest BCUT2D eigenvalue weighted by molar-refractivity contribution is 7.99. The summed E-state index contributed by atoms with van der Waals surface area (Å²) in [5.74, 6) is 0.922. The van der Waals surface area contributed by atoms with Crippen LogP contribution < -0.4 is 4.90 Å². The van der Waals surface area contributed by atoms with Crippen LogP contribution in [0.4, 0.5) is 17.1 Å². The predicted octanol–water partition coefficient (Wildman–Crippen LogP) is 16.1. The van der Waals surface area contributed by atoms with Gasteiger partial charge >= 0.3 is 0 Å². The summed E-state index contributed by atoms with van der Waals surface area (Å²) in [7, 11) is 0. The summed E-state index contributed by atoms with van der Waals surface area (Å²) in [5, 5.41) is 2.46. The van der Waals surface area contributed by atoms with Gasteiger partial charge in [-0.25, -0.2) is 4.98 Å². The normalized spacial score (nSPS) is 13.7. The lowest BCUT2D eigenvalue weighted by atomic mass is 9.70. The number of hydrogen-bond acceptors (Lipinski definition) is 3. The van der Waals surface area contributed by atoms with E-state index in [1.807, 2.05) is 11.8 Å². The third-order valence-corrected chi connectivity index (χ3v) is 15.6. The molecule has 3 aliphatic rings. The Kier molecular flexibility index (Phi) is 7.61. The Labute approximate surface area is 391 Å². The van der Waals surface area contributed by atoms with Crippen LogP contribution in [-0.4, -0.2) is 14.1 Å². The van der Waals surface area contributed by atoms with E-state index >= 15 is 0 Å². The molecule has 0 atom stereocenters. The fraction of sp³-hybridized carbons (Fsp3) is 0.0161. The summed E-state index contributed by atoms with van der Waals surface area (Å²) in [4.78, 5) is 10.3. The molecule has 15 rings (SSSR count). The average Bonchev–Trinajstić information content (AvgIpc) is 4.11. The van der Waals surface area contributed by atoms with Gasteiger partial charge in [0.2, 0.25) is 0 Å². The first kappa shape index (κ1) is 36.9. The summed E-state index contributed by atoms with van der Waals surface area (Å²) < 4.78 is 4.77. The first-order valence-corrected chi connectivity index (χ1v) is 23.8. The highest BCUT2D eigenvalue weighted by Crippen LogP contribution is 2.63. The molecule has 10 aromatic carbocycles. The van der Waals surface area contributed by atoms with E-state index in [0.29, 0.717) is 0 Å². The number of nitrogens with zero attached hydrogens (tertiary/aromatic N) is 4. The van der Waals surface area contributed by atoms with E-state index < -0.39 is 0 Å². The molecule has 0 unspecified atom stereocenters. The number of anilines is 3. The van der Waals surface area contributed by atoms with Gasteiger partial charge in [0.05, 0.1) is 38.9 Å². The molecule has 67 heavy (non-hydrogen) atoms. The molecule has 2 aliphatic carbocycles. The quantitative estimate of drug-likeness (QED) is 0.176. The lowest BCUT2D eigenvalue weighted by Gasteiger charge is -2.33. The third kappa shape index (κ3) is 5.01. The van der Waals surface area contributed by atoms with Crippen molar-refractivity contribution < 1.29 is 0 Å². The Morgan fingerprint density at radius 3 is 1.69 bits per heavy atom. The molecule has 5 heteroatoms. The highest BCUT2D eigenvalue weighted by Gasteiger charge is 2.51. The van der Waals surface area contributed by atoms with Crippen molar-refractivity contribution in [3.8, 4) is 45.0 Å². The van der Waals surface area contributed by atoms with Crippen LogP contribution in [0, 0.1) is 0 Å². The number of rotatable bonds is 4. The maximum Gasteiger partial charge on any atom is 0.145 e. The average molecular weight is 871 g/mol. The van der Waals surface area contributed by atoms with E-state index in [0.717, 1.165) is 39.5 Å². The zero-order chi connectivity index (χ0) is 43.8. The number of para-hydroxylation sites is 5. The second-order valence-corrected chi connectivity index (χ2v) is 18.9. The second-order valence-electron chi connectivity index (χ2n) is 17.9. The molecule has 0 amide bonds. The van der Waals surface area contributed by atoms with Crippen LogP contribution in [0.3, 0.4) is 0 Å². The van der Waals surface area contributed by atoms with Crippen molar-refractivity contribution in [2.24, 2.45) is 0 Å². The Bertz CT molecular complexity index is 3980. The molecule has 0 fully saturated rings. The zero-order valence-electron chi connectivity index (χ0n) is 36.1. The first-order chi connectivity index (χ1) is 33.2. The molecule has 312 valence electrons. The lowest BCUT2D eigenvalue weighted by molar-refractivity contribution is 0.794. The van der Waals surface area contributed by atoms with Crippen LogP contribution in [0.1, 0.15) is 22.3 Å². The number of imidazole rings is 1. The monoisotopic (exact) mass is 870 g/mol. The summed E-state index contributed by atoms with van der Waals surface area (Å²) in [6.07, 6.45) is 0. The van der Waals surface area contributed by atoms with Crippen LogP contribution in [-0.2, 0) is 5.41 Å². The fourth-order valence-electron chi connectivity index (χ4n) is 11.8. The van der Waals surface area contributed by atoms with Crippen molar-refractivity contribution in [1.82, 2.24) is 14.1 Å². The molecule has 4 nitrogen and oxygen atoms in total. The minimum Gasteiger partial charge on any atom is -0.309 e. The van der Waals surface area contributed by atoms with Gasteiger partial charge in [0.1, 0.15) is 5.82 Å². The van der Waals surface area contributed by atoms with E-state index in [1.54, 1.807) is 0 Å². The predicted molar refractivity (Wildman–Crippen MR) is 276 cm³/mol. The van der Waals surface area contributed by atoms with Crippen LogP contribution in [0.2, 0.25) is 0 Å². The second kappa shape index (κ2) is 13.8. The molecule has 0 bridgehead atoms. The van der Waals surface area contributed by atoms with Gasteiger partial charge in [-0.15, -0.1) is 0 Å². The number of benzene rings is 10. The van der Waals surface area contributed by atoms with Crippen LogP contribution >= 0.6 is 11.8 Å². The number of hydrogen-bond donors (Lipinski definition) is 0. The lowest BCUT2D eigenvalue weighted by Crippen LogP contribution is -2.25. The van der Waals surface area contributed by atoms with Crippen molar-refractivity contribution >= 4 is 61.7 Å². The third-order valence-electron chi connectivity index (χ3n) is 14.5. The summed E-state index contributed by atoms with van der Waals surface area (Å²) in [6.45, 7) is 0. The van der Waals surface area contributed by atoms with Crippen molar-refractivity contribution in [1.29, 1.82) is 0 Å². The SMILES string of the molecule is c1ccc(N2c3ccccc3Sc3cc4c(cc32)c2ccccc2n4-c2ccc(-n3c(-c4ccc5c(c4)-c4ccccc4C54c5ccccc5-c5ccccc54)nc4ccccc43)cc2)cc1. The largest absolute Gasteiger partial charge is 0.309 e. The zero-order valence-corrected chi connectivity index (χ0v) is 37.0. The molecule has 1 spiro atoms. The van der Waals surface area contributed by atoms with Gasteiger partial charge in [0.15, 0.2) is 0 Å². The number of aromatic nitrogens is 3. The van der Waals surface area contributed by atoms with Gasteiger partial charge in [-0.1, -0.05) is 157 Å². The number of fused-ring (bicyclic) bond motifs is 16. The minimum atomic E-state index is -0.385. The fourth-order valence-corrected chi connectivity index (χ4v) is 12.9. The molecule has 3 heterocycles. The van der Waals surface area contributed by atoms with Gasteiger partial charge in [-0.3, -0.25) is 4.57 Å². The smallest absolute Gasteiger partial charge is 0.145 e. The van der Waals surface area contributed by atoms with Crippen molar-refractivity contribution in [3.63, 3.8) is 0 Å². The maximum atomic E-state index is 5.39. The van der Waals surface area contributed by atoms with Gasteiger partial charge in [-0.05, 0) is 129 Å². The molecule has 2 aromatic heterocycles. The molecule has 0 radical (unpaired) electrons. The summed E-state index contributed by atoms with van der Waals surface area (Å²) in [6, 6.07) is 84.8. The van der Waals surface area contributed by atoms with Crippen molar-refractivity contribution in [2.45, 2.75) is 15.2 Å². The molecule has 12 aromatic rings. The van der Waals surface area contributed by atoms with Gasteiger partial charge in [0.25, 0.3) is 0 Å². The Hall–Kier alpha value is -8.38. The van der Waals surface area contributed by atoms with Gasteiger partial charge in [0, 0.05) is 43.2 Å². The van der Waals surface area contributed by atoms with Gasteiger partial charge < -0.3 is 9.47 Å². The van der Waals surface area contributed by atoms with E-state index in [1.165, 1.54) is 87.5 Å². The molecular formula is C62H38N4S. The van der Waals surface area contributed by atoms with Crippen LogP contribution in [0.5, 0.6) is 0 Å². The standard InChI is InChI=1S/C62H38N4S/c1-2-16-40(17-3-1)65-56-28-14-15-29-59(56)67-60-38-57-48(37-58(60)65)46-21-7-12-26-54(46)64(57)41-31-33-42(34-32-41)66-55-27-13-11-25-53(55)63-61(66)39-30-35-52-47(36-39)45-20-6-10-24-51(45)62(52)49-22-8-4-18-43(49)44-19-5-9-23-50(44)62/h1-38H. The highest BCUT2D eigenvalue weighted by atomic mass is 32.2. The van der Waals surface area contributed by atoms with E-state index in [2.05, 4.69) is 245 Å². The van der Waals surface area contributed by atoms with Crippen LogP contribution in [0.25, 0.3) is 77.9 Å².